The van der Waals surface area contributed by atoms with Gasteiger partial charge in [0.05, 0.1) is 24.3 Å². The van der Waals surface area contributed by atoms with E-state index in [0.717, 1.165) is 0 Å². The number of benzene rings is 2. The van der Waals surface area contributed by atoms with Crippen LogP contribution in [0.4, 0.5) is 5.69 Å². The van der Waals surface area contributed by atoms with E-state index in [0.29, 0.717) is 11.1 Å². The van der Waals surface area contributed by atoms with Gasteiger partial charge in [-0.15, -0.1) is 0 Å². The first-order valence-electron chi connectivity index (χ1n) is 7.16. The summed E-state index contributed by atoms with van der Waals surface area (Å²) in [4.78, 5) is 22.5. The van der Waals surface area contributed by atoms with Crippen LogP contribution in [0, 0.1) is 21.4 Å². The van der Waals surface area contributed by atoms with Crippen LogP contribution in [0.1, 0.15) is 17.0 Å². The Balaban J connectivity index is 2.10. The lowest BCUT2D eigenvalue weighted by Gasteiger charge is -2.07. The third kappa shape index (κ3) is 4.39. The molecule has 0 bridgehead atoms. The Kier molecular flexibility index (Phi) is 5.79. The molecule has 126 valence electrons. The minimum Gasteiger partial charge on any atom is -0.490 e. The molecule has 0 aliphatic carbocycles. The molecule has 1 atom stereocenters. The van der Waals surface area contributed by atoms with Crippen LogP contribution in [0.25, 0.3) is 0 Å². The van der Waals surface area contributed by atoms with E-state index in [1.807, 2.05) is 6.07 Å². The average molecular weight is 338 g/mol. The Bertz CT molecular complexity index is 843. The molecule has 2 aromatic carbocycles. The number of nitro groups is 1. The van der Waals surface area contributed by atoms with Crippen molar-refractivity contribution in [3.63, 3.8) is 0 Å². The fourth-order valence-corrected chi connectivity index (χ4v) is 2.09. The summed E-state index contributed by atoms with van der Waals surface area (Å²) >= 11 is 0. The number of methoxy groups -OCH3 is 1. The van der Waals surface area contributed by atoms with Crippen molar-refractivity contribution in [1.29, 1.82) is 5.26 Å². The quantitative estimate of drug-likeness (QED) is 0.493. The number of ether oxygens (including phenoxy) is 1. The summed E-state index contributed by atoms with van der Waals surface area (Å²) in [5, 5.41) is 23.9. The van der Waals surface area contributed by atoms with Gasteiger partial charge in [-0.25, -0.2) is 5.43 Å². The number of nitriles is 1. The smallest absolute Gasteiger partial charge is 0.311 e. The Morgan fingerprint density at radius 3 is 2.68 bits per heavy atom. The molecule has 0 fully saturated rings. The Morgan fingerprint density at radius 1 is 1.36 bits per heavy atom. The maximum atomic E-state index is 12.1. The van der Waals surface area contributed by atoms with E-state index >= 15 is 0 Å². The lowest BCUT2D eigenvalue weighted by Crippen LogP contribution is -2.24. The molecule has 0 aliphatic heterocycles. The van der Waals surface area contributed by atoms with Crippen molar-refractivity contribution in [2.24, 2.45) is 5.10 Å². The van der Waals surface area contributed by atoms with E-state index < -0.39 is 16.7 Å². The van der Waals surface area contributed by atoms with Crippen LogP contribution in [0.5, 0.6) is 5.75 Å². The highest BCUT2D eigenvalue weighted by Gasteiger charge is 2.19. The van der Waals surface area contributed by atoms with Crippen LogP contribution < -0.4 is 10.2 Å². The second-order valence-corrected chi connectivity index (χ2v) is 4.90. The summed E-state index contributed by atoms with van der Waals surface area (Å²) in [5.41, 5.74) is 3.01. The number of amides is 1. The van der Waals surface area contributed by atoms with Crippen LogP contribution in [-0.2, 0) is 4.79 Å². The summed E-state index contributed by atoms with van der Waals surface area (Å²) in [6, 6.07) is 14.8. The summed E-state index contributed by atoms with van der Waals surface area (Å²) in [7, 11) is 1.34. The zero-order valence-electron chi connectivity index (χ0n) is 13.2. The third-order valence-electron chi connectivity index (χ3n) is 3.31. The lowest BCUT2D eigenvalue weighted by atomic mass is 10.0. The van der Waals surface area contributed by atoms with E-state index in [-0.39, 0.29) is 11.4 Å². The highest BCUT2D eigenvalue weighted by Crippen LogP contribution is 2.26. The van der Waals surface area contributed by atoms with Gasteiger partial charge in [0.25, 0.3) is 5.91 Å². The Morgan fingerprint density at radius 2 is 2.08 bits per heavy atom. The van der Waals surface area contributed by atoms with E-state index in [9.17, 15) is 14.9 Å². The Hall–Kier alpha value is -3.73. The molecular weight excluding hydrogens is 324 g/mol. The van der Waals surface area contributed by atoms with E-state index in [1.54, 1.807) is 36.4 Å². The van der Waals surface area contributed by atoms with Gasteiger partial charge in [-0.2, -0.15) is 10.4 Å². The monoisotopic (exact) mass is 338 g/mol. The predicted molar refractivity (Wildman–Crippen MR) is 90.2 cm³/mol. The predicted octanol–water partition coefficient (Wildman–Crippen LogP) is 2.36. The van der Waals surface area contributed by atoms with Crippen molar-refractivity contribution in [2.45, 2.75) is 5.92 Å². The first-order valence-corrected chi connectivity index (χ1v) is 7.16. The number of nitrogens with one attached hydrogen (secondary N) is 1. The van der Waals surface area contributed by atoms with Crippen LogP contribution >= 0.6 is 0 Å². The summed E-state index contributed by atoms with van der Waals surface area (Å²) in [6.07, 6.45) is 1.25. The van der Waals surface area contributed by atoms with Crippen molar-refractivity contribution in [2.75, 3.05) is 7.11 Å². The number of hydrazone groups is 1. The van der Waals surface area contributed by atoms with Crippen molar-refractivity contribution in [1.82, 2.24) is 5.43 Å². The molecule has 25 heavy (non-hydrogen) atoms. The molecule has 8 nitrogen and oxygen atoms in total. The summed E-state index contributed by atoms with van der Waals surface area (Å²) in [6.45, 7) is 0. The van der Waals surface area contributed by atoms with Gasteiger partial charge in [-0.1, -0.05) is 30.3 Å². The second kappa shape index (κ2) is 8.21. The minimum atomic E-state index is -0.997. The molecule has 0 heterocycles. The minimum absolute atomic E-state index is 0.125. The molecule has 0 aromatic heterocycles. The zero-order chi connectivity index (χ0) is 18.2. The number of rotatable bonds is 6. The lowest BCUT2D eigenvalue weighted by molar-refractivity contribution is -0.385. The fourth-order valence-electron chi connectivity index (χ4n) is 2.09. The van der Waals surface area contributed by atoms with E-state index in [2.05, 4.69) is 10.5 Å². The molecule has 0 spiro atoms. The first kappa shape index (κ1) is 17.6. The average Bonchev–Trinajstić information content (AvgIpc) is 2.63. The second-order valence-electron chi connectivity index (χ2n) is 4.90. The molecule has 0 saturated heterocycles. The highest BCUT2D eigenvalue weighted by molar-refractivity contribution is 5.88. The van der Waals surface area contributed by atoms with Crippen LogP contribution in [0.3, 0.4) is 0 Å². The molecule has 0 radical (unpaired) electrons. The van der Waals surface area contributed by atoms with Gasteiger partial charge in [0.1, 0.15) is 0 Å². The summed E-state index contributed by atoms with van der Waals surface area (Å²) in [5.74, 6) is -1.46. The molecule has 2 rings (SSSR count). The number of hydrogen-bond donors (Lipinski definition) is 1. The maximum absolute atomic E-state index is 12.1. The third-order valence-corrected chi connectivity index (χ3v) is 3.31. The van der Waals surface area contributed by atoms with Crippen molar-refractivity contribution >= 4 is 17.8 Å². The summed E-state index contributed by atoms with van der Waals surface area (Å²) < 4.78 is 4.91. The van der Waals surface area contributed by atoms with Crippen molar-refractivity contribution < 1.29 is 14.5 Å². The van der Waals surface area contributed by atoms with Gasteiger partial charge in [-0.3, -0.25) is 14.9 Å². The molecule has 0 aliphatic rings. The topological polar surface area (TPSA) is 118 Å². The van der Waals surface area contributed by atoms with Crippen molar-refractivity contribution in [3.8, 4) is 11.8 Å². The molecule has 2 aromatic rings. The number of nitrogens with zero attached hydrogens (tertiary/aromatic N) is 3. The molecule has 1 amide bonds. The molecule has 0 unspecified atom stereocenters. The number of carbonyl (C=O) groups is 1. The van der Waals surface area contributed by atoms with Gasteiger partial charge < -0.3 is 4.74 Å². The van der Waals surface area contributed by atoms with Gasteiger partial charge >= 0.3 is 5.69 Å². The van der Waals surface area contributed by atoms with Gasteiger partial charge in [0.2, 0.25) is 0 Å². The molecule has 0 saturated carbocycles. The fraction of sp³-hybridized carbons (Fsp3) is 0.118. The zero-order valence-corrected chi connectivity index (χ0v) is 13.2. The highest BCUT2D eigenvalue weighted by atomic mass is 16.6. The standard InChI is InChI=1S/C17H14N4O4/c1-25-16-8-7-12(9-15(16)21(23)24)11-19-20-17(22)14(10-18)13-5-3-2-4-6-13/h2-9,11,14H,1H3,(H,20,22)/b19-11-/t14-/m1/s1. The maximum Gasteiger partial charge on any atom is 0.311 e. The van der Waals surface area contributed by atoms with Gasteiger partial charge in [0, 0.05) is 11.6 Å². The number of hydrogen-bond acceptors (Lipinski definition) is 6. The SMILES string of the molecule is COc1ccc(/C=N\NC(=O)[C@H](C#N)c2ccccc2)cc1[N+](=O)[O-]. The number of carbonyl (C=O) groups excluding carboxylic acids is 1. The Labute approximate surface area is 143 Å². The van der Waals surface area contributed by atoms with Gasteiger partial charge in [-0.05, 0) is 17.7 Å². The van der Waals surface area contributed by atoms with Crippen LogP contribution in [0.15, 0.2) is 53.6 Å². The molecular formula is C17H14N4O4. The van der Waals surface area contributed by atoms with E-state index in [4.69, 9.17) is 10.00 Å². The van der Waals surface area contributed by atoms with Crippen molar-refractivity contribution in [3.05, 3.63) is 69.8 Å². The number of nitro benzene ring substituents is 1. The molecule has 1 N–H and O–H groups in total. The van der Waals surface area contributed by atoms with E-state index in [1.165, 1.54) is 25.5 Å². The van der Waals surface area contributed by atoms with Crippen LogP contribution in [0.2, 0.25) is 0 Å². The van der Waals surface area contributed by atoms with Gasteiger partial charge in [0.15, 0.2) is 11.7 Å². The molecule has 8 heteroatoms. The first-order chi connectivity index (χ1) is 12.1. The normalized spacial score (nSPS) is 11.5. The largest absolute Gasteiger partial charge is 0.490 e. The van der Waals surface area contributed by atoms with Crippen LogP contribution in [-0.4, -0.2) is 24.2 Å².